The number of halogens is 2. The fourth-order valence-electron chi connectivity index (χ4n) is 3.32. The number of nitrogens with one attached hydrogen (secondary N) is 1. The summed E-state index contributed by atoms with van der Waals surface area (Å²) in [6, 6.07) is 11.1. The van der Waals surface area contributed by atoms with Crippen molar-refractivity contribution in [3.8, 4) is 0 Å². The van der Waals surface area contributed by atoms with Crippen LogP contribution in [0.1, 0.15) is 43.6 Å². The minimum absolute atomic E-state index is 0.303. The van der Waals surface area contributed by atoms with E-state index in [9.17, 15) is 9.18 Å². The lowest BCUT2D eigenvalue weighted by Crippen LogP contribution is -2.52. The lowest BCUT2D eigenvalue weighted by Gasteiger charge is -2.40. The van der Waals surface area contributed by atoms with Gasteiger partial charge in [-0.1, -0.05) is 22.3 Å². The molecule has 1 aliphatic heterocycles. The summed E-state index contributed by atoms with van der Waals surface area (Å²) in [6.45, 7) is 8.55. The number of nitrogens with two attached hydrogens (primary N) is 1. The zero-order valence-corrected chi connectivity index (χ0v) is 19.1. The summed E-state index contributed by atoms with van der Waals surface area (Å²) < 4.78 is 19.2. The molecule has 0 bridgehead atoms. The van der Waals surface area contributed by atoms with Crippen molar-refractivity contribution < 1.29 is 9.18 Å². The molecule has 0 fully saturated rings. The average Bonchev–Trinajstić information content (AvgIpc) is 2.68. The number of nitrogens with zero attached hydrogens (tertiary/aromatic N) is 2. The van der Waals surface area contributed by atoms with Gasteiger partial charge in [0.15, 0.2) is 0 Å². The van der Waals surface area contributed by atoms with Gasteiger partial charge in [0.25, 0.3) is 5.91 Å². The topological polar surface area (TPSA) is 79.8 Å². The van der Waals surface area contributed by atoms with Gasteiger partial charge >= 0.3 is 0 Å². The summed E-state index contributed by atoms with van der Waals surface area (Å²) in [4.78, 5) is 17.2. The van der Waals surface area contributed by atoms with E-state index in [4.69, 9.17) is 26.7 Å². The van der Waals surface area contributed by atoms with Crippen LogP contribution in [0.25, 0.3) is 0 Å². The second-order valence-electron chi connectivity index (χ2n) is 7.89. The van der Waals surface area contributed by atoms with Crippen LogP contribution in [0.2, 0.25) is 5.02 Å². The van der Waals surface area contributed by atoms with Gasteiger partial charge in [0.2, 0.25) is 0 Å². The first-order valence-electron chi connectivity index (χ1n) is 9.68. The lowest BCUT2D eigenvalue weighted by molar-refractivity contribution is 0.102. The molecule has 0 aliphatic carbocycles. The van der Waals surface area contributed by atoms with Crippen molar-refractivity contribution in [2.75, 3.05) is 17.6 Å². The molecule has 0 unspecified atom stereocenters. The maximum atomic E-state index is 14.9. The van der Waals surface area contributed by atoms with Crippen LogP contribution >= 0.6 is 11.6 Å². The van der Waals surface area contributed by atoms with Crippen LogP contribution < -0.4 is 11.1 Å². The number of hydrogen-bond acceptors (Lipinski definition) is 4. The molecule has 1 amide bonds. The smallest absolute Gasteiger partial charge is 0.255 e. The second-order valence-corrected chi connectivity index (χ2v) is 10.6. The molecule has 0 radical (unpaired) electrons. The number of amides is 1. The number of aliphatic imine (C=N–C) groups is 1. The Balaban J connectivity index is 1.97. The second kappa shape index (κ2) is 8.47. The highest BCUT2D eigenvalue weighted by Gasteiger charge is 2.42. The Bertz CT molecular complexity index is 1040. The number of hydrogen-bond donors (Lipinski definition) is 2. The molecule has 1 aliphatic rings. The number of amidine groups is 1. The lowest BCUT2D eigenvalue weighted by atomic mass is 9.92. The zero-order chi connectivity index (χ0) is 22.1. The third kappa shape index (κ3) is 4.42. The predicted molar refractivity (Wildman–Crippen MR) is 124 cm³/mol. The van der Waals surface area contributed by atoms with E-state index in [2.05, 4.69) is 5.32 Å². The monoisotopic (exact) mass is 448 g/mol. The van der Waals surface area contributed by atoms with Crippen molar-refractivity contribution in [2.24, 2.45) is 15.1 Å². The minimum Gasteiger partial charge on any atom is -0.386 e. The van der Waals surface area contributed by atoms with Gasteiger partial charge < -0.3 is 11.1 Å². The maximum Gasteiger partial charge on any atom is 0.255 e. The molecule has 2 atom stereocenters. The molecule has 2 aromatic carbocycles. The van der Waals surface area contributed by atoms with Crippen LogP contribution in [0.3, 0.4) is 0 Å². The molecule has 0 spiro atoms. The van der Waals surface area contributed by atoms with Crippen molar-refractivity contribution in [3.05, 3.63) is 64.4 Å². The Hall–Kier alpha value is -2.25. The summed E-state index contributed by atoms with van der Waals surface area (Å²) in [5, 5.41) is 3.36. The van der Waals surface area contributed by atoms with Crippen LogP contribution in [-0.4, -0.2) is 28.8 Å². The van der Waals surface area contributed by atoms with E-state index >= 15 is 0 Å². The van der Waals surface area contributed by atoms with Crippen LogP contribution in [-0.2, 0) is 16.2 Å². The van der Waals surface area contributed by atoms with Gasteiger partial charge in [-0.2, -0.15) is 0 Å². The van der Waals surface area contributed by atoms with E-state index in [1.807, 2.05) is 27.7 Å². The SMILES string of the molecule is CCN=[S@]1C[C@@](C)(c2cc(NC(=O)c3ccc(Cl)cc3)ccc2F)N=C(N)C1(C)C. The Kier molecular flexibility index (Phi) is 6.34. The van der Waals surface area contributed by atoms with Crippen LogP contribution in [0, 0.1) is 5.82 Å². The fourth-order valence-corrected chi connectivity index (χ4v) is 5.57. The fraction of sp³-hybridized carbons (Fsp3) is 0.364. The summed E-state index contributed by atoms with van der Waals surface area (Å²) in [6.07, 6.45) is 0. The first-order chi connectivity index (χ1) is 14.1. The van der Waals surface area contributed by atoms with Gasteiger partial charge in [-0.05, 0) is 70.2 Å². The third-order valence-corrected chi connectivity index (χ3v) is 8.23. The van der Waals surface area contributed by atoms with E-state index in [0.29, 0.717) is 40.0 Å². The summed E-state index contributed by atoms with van der Waals surface area (Å²) in [5.41, 5.74) is 6.76. The molecular weight excluding hydrogens is 423 g/mol. The van der Waals surface area contributed by atoms with E-state index in [1.165, 1.54) is 12.1 Å². The van der Waals surface area contributed by atoms with Crippen molar-refractivity contribution in [3.63, 3.8) is 0 Å². The molecule has 0 aromatic heterocycles. The van der Waals surface area contributed by atoms with Gasteiger partial charge in [-0.3, -0.25) is 14.1 Å². The molecule has 3 N–H and O–H groups in total. The van der Waals surface area contributed by atoms with Gasteiger partial charge in [-0.25, -0.2) is 4.39 Å². The highest BCUT2D eigenvalue weighted by Crippen LogP contribution is 2.38. The first-order valence-corrected chi connectivity index (χ1v) is 11.4. The van der Waals surface area contributed by atoms with Gasteiger partial charge in [0, 0.05) is 34.1 Å². The standard InChI is InChI=1S/C22H26ClFN4OS/c1-5-26-30-13-22(4,28-20(25)21(30,2)3)17-12-16(10-11-18(17)24)27-19(29)14-6-8-15(23)9-7-14/h6-12H,5,13H2,1-4H3,(H2,25,28)(H,27,29)/t22-,30-/m0/s1. The summed E-state index contributed by atoms with van der Waals surface area (Å²) >= 11 is 5.88. The first kappa shape index (κ1) is 22.4. The highest BCUT2D eigenvalue weighted by atomic mass is 35.5. The quantitative estimate of drug-likeness (QED) is 0.696. The number of anilines is 1. The van der Waals surface area contributed by atoms with Crippen molar-refractivity contribution in [1.82, 2.24) is 0 Å². The largest absolute Gasteiger partial charge is 0.386 e. The summed E-state index contributed by atoms with van der Waals surface area (Å²) in [5.74, 6) is 0.327. The highest BCUT2D eigenvalue weighted by molar-refractivity contribution is 7.89. The average molecular weight is 449 g/mol. The van der Waals surface area contributed by atoms with Crippen LogP contribution in [0.4, 0.5) is 10.1 Å². The van der Waals surface area contributed by atoms with Gasteiger partial charge in [-0.15, -0.1) is 0 Å². The molecule has 5 nitrogen and oxygen atoms in total. The van der Waals surface area contributed by atoms with E-state index in [-0.39, 0.29) is 10.7 Å². The van der Waals surface area contributed by atoms with E-state index < -0.39 is 22.0 Å². The normalized spacial score (nSPS) is 23.1. The molecule has 8 heteroatoms. The number of carbonyl (C=O) groups excluding carboxylic acids is 1. The molecule has 3 rings (SSSR count). The zero-order valence-electron chi connectivity index (χ0n) is 17.5. The molecule has 160 valence electrons. The number of carbonyl (C=O) groups is 1. The van der Waals surface area contributed by atoms with Crippen molar-refractivity contribution >= 4 is 39.7 Å². The van der Waals surface area contributed by atoms with Gasteiger partial charge in [0.1, 0.15) is 11.7 Å². The molecular formula is C22H26ClFN4OS. The third-order valence-electron chi connectivity index (χ3n) is 5.19. The number of benzene rings is 2. The predicted octanol–water partition coefficient (Wildman–Crippen LogP) is 4.92. The molecule has 0 saturated carbocycles. The summed E-state index contributed by atoms with van der Waals surface area (Å²) in [7, 11) is -0.410. The van der Waals surface area contributed by atoms with Gasteiger partial charge in [0.05, 0.1) is 10.3 Å². The van der Waals surface area contributed by atoms with Crippen molar-refractivity contribution in [1.29, 1.82) is 0 Å². The van der Waals surface area contributed by atoms with Crippen LogP contribution in [0.5, 0.6) is 0 Å². The van der Waals surface area contributed by atoms with E-state index in [0.717, 1.165) is 0 Å². The molecule has 1 heterocycles. The Morgan fingerprint density at radius 2 is 1.93 bits per heavy atom. The Labute approximate surface area is 184 Å². The number of rotatable bonds is 4. The Morgan fingerprint density at radius 3 is 2.57 bits per heavy atom. The molecule has 2 aromatic rings. The maximum absolute atomic E-state index is 14.9. The Morgan fingerprint density at radius 1 is 1.27 bits per heavy atom. The van der Waals surface area contributed by atoms with Crippen molar-refractivity contribution in [2.45, 2.75) is 38.0 Å². The molecule has 30 heavy (non-hydrogen) atoms. The minimum atomic E-state index is -0.869. The van der Waals surface area contributed by atoms with E-state index in [1.54, 1.807) is 30.3 Å². The molecule has 0 saturated heterocycles. The van der Waals surface area contributed by atoms with Crippen LogP contribution in [0.15, 0.2) is 51.8 Å².